The molecule has 0 aromatic heterocycles. The number of nitrogens with two attached hydrogens (primary N) is 2. The van der Waals surface area contributed by atoms with E-state index in [2.05, 4.69) is 0 Å². The number of benzene rings is 2. The number of halogens is 3. The van der Waals surface area contributed by atoms with E-state index in [0.29, 0.717) is 16.8 Å². The van der Waals surface area contributed by atoms with Gasteiger partial charge in [-0.15, -0.1) is 0 Å². The molecule has 4 N–H and O–H groups in total. The summed E-state index contributed by atoms with van der Waals surface area (Å²) in [6, 6.07) is 9.30. The van der Waals surface area contributed by atoms with Gasteiger partial charge in [0.2, 0.25) is 0 Å². The lowest BCUT2D eigenvalue weighted by molar-refractivity contribution is -0.137. The number of rotatable bonds is 1. The van der Waals surface area contributed by atoms with Crippen molar-refractivity contribution in [2.45, 2.75) is 13.1 Å². The molecule has 0 bridgehead atoms. The second kappa shape index (κ2) is 4.50. The Morgan fingerprint density at radius 3 is 2.21 bits per heavy atom. The third-order valence-corrected chi connectivity index (χ3v) is 2.97. The fourth-order valence-corrected chi connectivity index (χ4v) is 1.92. The van der Waals surface area contributed by atoms with Crippen molar-refractivity contribution in [3.05, 3.63) is 47.5 Å². The molecule has 0 heterocycles. The summed E-state index contributed by atoms with van der Waals surface area (Å²) in [5, 5.41) is 0. The van der Waals surface area contributed by atoms with Crippen LogP contribution in [0.5, 0.6) is 0 Å². The first-order chi connectivity index (χ1) is 8.79. The van der Waals surface area contributed by atoms with E-state index in [1.165, 1.54) is 13.0 Å². The molecule has 2 rings (SSSR count). The summed E-state index contributed by atoms with van der Waals surface area (Å²) in [6.45, 7) is 1.36. The minimum absolute atomic E-state index is 0.0418. The minimum atomic E-state index is -4.42. The van der Waals surface area contributed by atoms with Crippen LogP contribution in [0.1, 0.15) is 11.1 Å². The molecular formula is C14H13F3N2. The van der Waals surface area contributed by atoms with Gasteiger partial charge in [0.05, 0.1) is 5.56 Å². The van der Waals surface area contributed by atoms with E-state index in [-0.39, 0.29) is 11.3 Å². The van der Waals surface area contributed by atoms with Crippen LogP contribution in [-0.4, -0.2) is 0 Å². The molecule has 0 radical (unpaired) electrons. The van der Waals surface area contributed by atoms with E-state index in [4.69, 9.17) is 11.5 Å². The lowest BCUT2D eigenvalue weighted by atomic mass is 9.97. The topological polar surface area (TPSA) is 52.0 Å². The standard InChI is InChI=1S/C14H13F3N2/c1-8-12(14(15,16)17)6-10(7-13(8)19)9-3-2-4-11(18)5-9/h2-7H,18-19H2,1H3. The van der Waals surface area contributed by atoms with Crippen molar-refractivity contribution in [3.8, 4) is 11.1 Å². The molecule has 0 aliphatic rings. The normalized spacial score (nSPS) is 11.6. The molecule has 0 unspecified atom stereocenters. The summed E-state index contributed by atoms with van der Waals surface area (Å²) in [5.41, 5.74) is 12.2. The van der Waals surface area contributed by atoms with E-state index in [1.54, 1.807) is 24.3 Å². The van der Waals surface area contributed by atoms with E-state index in [0.717, 1.165) is 6.07 Å². The maximum Gasteiger partial charge on any atom is 0.416 e. The van der Waals surface area contributed by atoms with Gasteiger partial charge in [-0.2, -0.15) is 13.2 Å². The Labute approximate surface area is 108 Å². The molecule has 0 atom stereocenters. The number of hydrogen-bond donors (Lipinski definition) is 2. The molecule has 0 fully saturated rings. The lowest BCUT2D eigenvalue weighted by Gasteiger charge is -2.15. The van der Waals surface area contributed by atoms with Crippen LogP contribution in [0.4, 0.5) is 24.5 Å². The molecule has 2 aromatic carbocycles. The zero-order chi connectivity index (χ0) is 14.2. The van der Waals surface area contributed by atoms with Gasteiger partial charge in [0.1, 0.15) is 0 Å². The smallest absolute Gasteiger partial charge is 0.399 e. The van der Waals surface area contributed by atoms with E-state index >= 15 is 0 Å². The quantitative estimate of drug-likeness (QED) is 0.770. The Bertz CT molecular complexity index is 619. The maximum absolute atomic E-state index is 12.9. The average molecular weight is 266 g/mol. The van der Waals surface area contributed by atoms with Crippen molar-refractivity contribution in [1.82, 2.24) is 0 Å². The highest BCUT2D eigenvalue weighted by Gasteiger charge is 2.33. The second-order valence-corrected chi connectivity index (χ2v) is 4.36. The molecule has 0 saturated carbocycles. The summed E-state index contributed by atoms with van der Waals surface area (Å²) >= 11 is 0. The van der Waals surface area contributed by atoms with Crippen LogP contribution in [0.25, 0.3) is 11.1 Å². The molecule has 0 aliphatic carbocycles. The van der Waals surface area contributed by atoms with Gasteiger partial charge in [0, 0.05) is 11.4 Å². The van der Waals surface area contributed by atoms with Gasteiger partial charge in [-0.05, 0) is 47.9 Å². The van der Waals surface area contributed by atoms with Gasteiger partial charge in [0.15, 0.2) is 0 Å². The van der Waals surface area contributed by atoms with Crippen molar-refractivity contribution in [2.24, 2.45) is 0 Å². The number of anilines is 2. The highest BCUT2D eigenvalue weighted by atomic mass is 19.4. The van der Waals surface area contributed by atoms with Gasteiger partial charge in [-0.3, -0.25) is 0 Å². The molecule has 0 aliphatic heterocycles. The van der Waals surface area contributed by atoms with Gasteiger partial charge < -0.3 is 11.5 Å². The van der Waals surface area contributed by atoms with Crippen LogP contribution < -0.4 is 11.5 Å². The second-order valence-electron chi connectivity index (χ2n) is 4.36. The van der Waals surface area contributed by atoms with Crippen LogP contribution in [0.2, 0.25) is 0 Å². The summed E-state index contributed by atoms with van der Waals surface area (Å²) in [6.07, 6.45) is -4.42. The molecule has 19 heavy (non-hydrogen) atoms. The zero-order valence-corrected chi connectivity index (χ0v) is 10.3. The van der Waals surface area contributed by atoms with E-state index in [1.807, 2.05) is 0 Å². The van der Waals surface area contributed by atoms with Crippen molar-refractivity contribution in [1.29, 1.82) is 0 Å². The predicted molar refractivity (Wildman–Crippen MR) is 70.4 cm³/mol. The number of alkyl halides is 3. The van der Waals surface area contributed by atoms with Crippen molar-refractivity contribution in [3.63, 3.8) is 0 Å². The van der Waals surface area contributed by atoms with Gasteiger partial charge in [0.25, 0.3) is 0 Å². The van der Waals surface area contributed by atoms with E-state index in [9.17, 15) is 13.2 Å². The fraction of sp³-hybridized carbons (Fsp3) is 0.143. The molecule has 0 saturated heterocycles. The number of nitrogen functional groups attached to an aromatic ring is 2. The van der Waals surface area contributed by atoms with Crippen LogP contribution in [0, 0.1) is 6.92 Å². The fourth-order valence-electron chi connectivity index (χ4n) is 1.92. The first-order valence-corrected chi connectivity index (χ1v) is 5.62. The van der Waals surface area contributed by atoms with Crippen LogP contribution in [0.3, 0.4) is 0 Å². The first kappa shape index (κ1) is 13.3. The first-order valence-electron chi connectivity index (χ1n) is 5.62. The summed E-state index contributed by atoms with van der Waals surface area (Å²) < 4.78 is 38.8. The van der Waals surface area contributed by atoms with Crippen molar-refractivity contribution >= 4 is 11.4 Å². The Hall–Kier alpha value is -2.17. The largest absolute Gasteiger partial charge is 0.416 e. The maximum atomic E-state index is 12.9. The average Bonchev–Trinajstić information content (AvgIpc) is 2.31. The molecule has 5 heteroatoms. The number of hydrogen-bond acceptors (Lipinski definition) is 2. The molecule has 2 nitrogen and oxygen atoms in total. The van der Waals surface area contributed by atoms with Crippen molar-refractivity contribution in [2.75, 3.05) is 11.5 Å². The van der Waals surface area contributed by atoms with Crippen LogP contribution >= 0.6 is 0 Å². The Balaban J connectivity index is 2.63. The zero-order valence-electron chi connectivity index (χ0n) is 10.3. The third kappa shape index (κ3) is 2.65. The Morgan fingerprint density at radius 2 is 1.63 bits per heavy atom. The van der Waals surface area contributed by atoms with E-state index < -0.39 is 11.7 Å². The Morgan fingerprint density at radius 1 is 0.947 bits per heavy atom. The van der Waals surface area contributed by atoms with Gasteiger partial charge in [-0.1, -0.05) is 12.1 Å². The molecule has 100 valence electrons. The molecule has 0 spiro atoms. The SMILES string of the molecule is Cc1c(N)cc(-c2cccc(N)c2)cc1C(F)(F)F. The minimum Gasteiger partial charge on any atom is -0.399 e. The van der Waals surface area contributed by atoms with Gasteiger partial charge >= 0.3 is 6.18 Å². The van der Waals surface area contributed by atoms with Crippen molar-refractivity contribution < 1.29 is 13.2 Å². The third-order valence-electron chi connectivity index (χ3n) is 2.97. The summed E-state index contributed by atoms with van der Waals surface area (Å²) in [5.74, 6) is 0. The summed E-state index contributed by atoms with van der Waals surface area (Å²) in [7, 11) is 0. The summed E-state index contributed by atoms with van der Waals surface area (Å²) in [4.78, 5) is 0. The van der Waals surface area contributed by atoms with Crippen LogP contribution in [0.15, 0.2) is 36.4 Å². The lowest BCUT2D eigenvalue weighted by Crippen LogP contribution is -2.09. The molecule has 2 aromatic rings. The highest BCUT2D eigenvalue weighted by Crippen LogP contribution is 2.37. The predicted octanol–water partition coefficient (Wildman–Crippen LogP) is 3.85. The highest BCUT2D eigenvalue weighted by molar-refractivity contribution is 5.73. The Kier molecular flexibility index (Phi) is 3.14. The van der Waals surface area contributed by atoms with Gasteiger partial charge in [-0.25, -0.2) is 0 Å². The monoisotopic (exact) mass is 266 g/mol. The van der Waals surface area contributed by atoms with Crippen LogP contribution in [-0.2, 0) is 6.18 Å². The molecular weight excluding hydrogens is 253 g/mol. The molecule has 0 amide bonds.